The molecule has 2 aromatic heterocycles. The Kier molecular flexibility index (Phi) is 9.38. The van der Waals surface area contributed by atoms with Gasteiger partial charge in [0.15, 0.2) is 5.82 Å². The first-order chi connectivity index (χ1) is 19.5. The van der Waals surface area contributed by atoms with Crippen molar-refractivity contribution >= 4 is 60.2 Å². The van der Waals surface area contributed by atoms with E-state index in [1.165, 1.54) is 10.6 Å². The summed E-state index contributed by atoms with van der Waals surface area (Å²) < 4.78 is 51.1. The number of hydrogen-bond acceptors (Lipinski definition) is 8. The van der Waals surface area contributed by atoms with Crippen LogP contribution in [0.2, 0.25) is 0 Å². The minimum absolute atomic E-state index is 0.164. The van der Waals surface area contributed by atoms with Gasteiger partial charge in [0, 0.05) is 59.1 Å². The van der Waals surface area contributed by atoms with Crippen LogP contribution >= 0.6 is 15.9 Å². The zero-order chi connectivity index (χ0) is 29.7. The van der Waals surface area contributed by atoms with E-state index in [1.54, 1.807) is 55.8 Å². The van der Waals surface area contributed by atoms with E-state index >= 15 is 4.39 Å². The summed E-state index contributed by atoms with van der Waals surface area (Å²) in [7, 11) is -2.68. The first kappa shape index (κ1) is 30.1. The molecule has 4 rings (SSSR count). The van der Waals surface area contributed by atoms with Gasteiger partial charge in [0.1, 0.15) is 11.5 Å². The number of pyridine rings is 2. The summed E-state index contributed by atoms with van der Waals surface area (Å²) in [5.74, 6) is -0.412. The average molecular weight is 649 g/mol. The molecule has 2 aromatic carbocycles. The lowest BCUT2D eigenvalue weighted by molar-refractivity contribution is 0.210. The highest BCUT2D eigenvalue weighted by Gasteiger charge is 2.27. The molecule has 0 saturated heterocycles. The van der Waals surface area contributed by atoms with Gasteiger partial charge < -0.3 is 19.9 Å². The topological polar surface area (TPSA) is 132 Å². The van der Waals surface area contributed by atoms with Crippen LogP contribution in [0.5, 0.6) is 0 Å². The van der Waals surface area contributed by atoms with Gasteiger partial charge in [0.05, 0.1) is 18.4 Å². The quantitative estimate of drug-likeness (QED) is 0.182. The third kappa shape index (κ3) is 7.08. The Morgan fingerprint density at radius 2 is 1.88 bits per heavy atom. The average Bonchev–Trinajstić information content (AvgIpc) is 2.92. The number of ether oxygens (including phenoxy) is 1. The van der Waals surface area contributed by atoms with E-state index < -0.39 is 33.2 Å². The molecule has 14 heteroatoms. The van der Waals surface area contributed by atoms with E-state index in [-0.39, 0.29) is 15.6 Å². The molecule has 216 valence electrons. The third-order valence-electron chi connectivity index (χ3n) is 5.87. The number of methoxy groups -OCH3 is 1. The fourth-order valence-corrected chi connectivity index (χ4v) is 5.02. The van der Waals surface area contributed by atoms with E-state index in [1.807, 2.05) is 6.92 Å². The van der Waals surface area contributed by atoms with Crippen molar-refractivity contribution in [3.8, 4) is 11.1 Å². The molecular formula is C27H27BrFN5O6S. The fraction of sp³-hybridized carbons (Fsp3) is 0.222. The maximum absolute atomic E-state index is 15.3. The highest BCUT2D eigenvalue weighted by atomic mass is 79.9. The minimum atomic E-state index is -4.27. The molecule has 0 aliphatic carbocycles. The van der Waals surface area contributed by atoms with Gasteiger partial charge in [-0.25, -0.2) is 14.2 Å². The largest absolute Gasteiger partial charge is 0.383 e. The van der Waals surface area contributed by atoms with Crippen LogP contribution in [-0.4, -0.2) is 50.5 Å². The molecule has 0 unspecified atom stereocenters. The van der Waals surface area contributed by atoms with Gasteiger partial charge in [-0.3, -0.25) is 4.79 Å². The molecule has 0 fully saturated rings. The van der Waals surface area contributed by atoms with Crippen molar-refractivity contribution in [1.29, 1.82) is 0 Å². The van der Waals surface area contributed by atoms with Crippen molar-refractivity contribution in [3.63, 3.8) is 0 Å². The molecule has 2 N–H and O–H groups in total. The van der Waals surface area contributed by atoms with Crippen molar-refractivity contribution in [3.05, 3.63) is 81.4 Å². The van der Waals surface area contributed by atoms with Gasteiger partial charge in [-0.15, -0.1) is 9.35 Å². The number of hydrogen-bond donors (Lipinski definition) is 2. The molecule has 0 radical (unpaired) electrons. The summed E-state index contributed by atoms with van der Waals surface area (Å²) in [4.78, 5) is 31.2. The van der Waals surface area contributed by atoms with Gasteiger partial charge in [0.25, 0.3) is 15.7 Å². The van der Waals surface area contributed by atoms with Crippen molar-refractivity contribution in [2.45, 2.75) is 13.5 Å². The number of rotatable bonds is 10. The molecule has 0 bridgehead atoms. The summed E-state index contributed by atoms with van der Waals surface area (Å²) in [6, 6.07) is 12.6. The van der Waals surface area contributed by atoms with Crippen LogP contribution in [0.3, 0.4) is 0 Å². The number of nitrogens with one attached hydrogen (secondary N) is 2. The number of benzene rings is 2. The smallest absolute Gasteiger partial charge is 0.351 e. The van der Waals surface area contributed by atoms with Crippen molar-refractivity contribution in [2.24, 2.45) is 0 Å². The Morgan fingerprint density at radius 3 is 2.54 bits per heavy atom. The number of anilines is 3. The van der Waals surface area contributed by atoms with Gasteiger partial charge in [-0.1, -0.05) is 34.1 Å². The zero-order valence-corrected chi connectivity index (χ0v) is 24.8. The molecule has 4 aromatic rings. The Balaban J connectivity index is 1.84. The maximum Gasteiger partial charge on any atom is 0.351 e. The molecule has 0 aliphatic rings. The predicted molar refractivity (Wildman–Crippen MR) is 159 cm³/mol. The summed E-state index contributed by atoms with van der Waals surface area (Å²) in [6.45, 7) is 3.13. The van der Waals surface area contributed by atoms with Gasteiger partial charge in [-0.2, -0.15) is 8.42 Å². The summed E-state index contributed by atoms with van der Waals surface area (Å²) in [5.41, 5.74) is 0.391. The third-order valence-corrected chi connectivity index (χ3v) is 6.95. The predicted octanol–water partition coefficient (Wildman–Crippen LogP) is 4.97. The number of halogens is 2. The Bertz CT molecular complexity index is 1750. The van der Waals surface area contributed by atoms with E-state index in [9.17, 15) is 18.0 Å². The van der Waals surface area contributed by atoms with Crippen LogP contribution in [-0.2, 0) is 25.7 Å². The lowest BCUT2D eigenvalue weighted by atomic mass is 10.0. The number of aromatic nitrogens is 2. The molecule has 2 amide bonds. The normalized spacial score (nSPS) is 11.4. The van der Waals surface area contributed by atoms with Crippen molar-refractivity contribution in [1.82, 2.24) is 9.55 Å². The molecule has 0 saturated carbocycles. The SMILES string of the molecule is CCn1c(=O)c(-c2cc(N(OS(C)(=O)=O)C(=O)Nc3ccccc3)c(F)cc2Br)cc2cnc(NCCOC)cc21. The van der Waals surface area contributed by atoms with Crippen LogP contribution in [0.1, 0.15) is 6.92 Å². The van der Waals surface area contributed by atoms with E-state index in [0.717, 1.165) is 12.3 Å². The van der Waals surface area contributed by atoms with E-state index in [0.29, 0.717) is 47.2 Å². The van der Waals surface area contributed by atoms with Crippen molar-refractivity contribution < 1.29 is 26.6 Å². The van der Waals surface area contributed by atoms with E-state index in [4.69, 9.17) is 9.02 Å². The van der Waals surface area contributed by atoms with Crippen LogP contribution in [0.4, 0.5) is 26.4 Å². The molecule has 41 heavy (non-hydrogen) atoms. The van der Waals surface area contributed by atoms with Crippen LogP contribution < -0.4 is 21.3 Å². The second kappa shape index (κ2) is 12.8. The minimum Gasteiger partial charge on any atom is -0.383 e. The highest BCUT2D eigenvalue weighted by molar-refractivity contribution is 9.10. The lowest BCUT2D eigenvalue weighted by Crippen LogP contribution is -2.37. The van der Waals surface area contributed by atoms with Crippen LogP contribution in [0.15, 0.2) is 70.1 Å². The van der Waals surface area contributed by atoms with Crippen molar-refractivity contribution in [2.75, 3.05) is 42.2 Å². The molecule has 0 aliphatic heterocycles. The number of nitrogens with zero attached hydrogens (tertiary/aromatic N) is 3. The first-order valence-corrected chi connectivity index (χ1v) is 14.9. The second-order valence-corrected chi connectivity index (χ2v) is 11.2. The Labute approximate surface area is 244 Å². The molecule has 11 nitrogen and oxygen atoms in total. The lowest BCUT2D eigenvalue weighted by Gasteiger charge is -2.22. The first-order valence-electron chi connectivity index (χ1n) is 12.3. The molecular weight excluding hydrogens is 621 g/mol. The van der Waals surface area contributed by atoms with Gasteiger partial charge in [-0.05, 0) is 37.3 Å². The van der Waals surface area contributed by atoms with Gasteiger partial charge >= 0.3 is 6.03 Å². The van der Waals surface area contributed by atoms with Gasteiger partial charge in [0.2, 0.25) is 0 Å². The summed E-state index contributed by atoms with van der Waals surface area (Å²) in [6.07, 6.45) is 2.33. The van der Waals surface area contributed by atoms with Crippen LogP contribution in [0, 0.1) is 5.82 Å². The number of carbonyl (C=O) groups excluding carboxylic acids is 1. The number of hydroxylamine groups is 1. The Morgan fingerprint density at radius 1 is 1.15 bits per heavy atom. The number of aryl methyl sites for hydroxylation is 1. The summed E-state index contributed by atoms with van der Waals surface area (Å²) >= 11 is 3.31. The standard InChI is InChI=1S/C27H27BrFN5O6S/c1-4-33-23-15-25(30-10-11-39-2)31-16-17(23)12-20(26(33)35)19-13-24(22(29)14-21(19)28)34(40-41(3,37)38)27(36)32-18-8-6-5-7-9-18/h5-9,12-16H,4,10-11H2,1-3H3,(H,30,31)(H,32,36). The maximum atomic E-state index is 15.3. The number of fused-ring (bicyclic) bond motifs is 1. The summed E-state index contributed by atoms with van der Waals surface area (Å²) in [5, 5.41) is 6.53. The Hall–Kier alpha value is -3.85. The number of amides is 2. The highest BCUT2D eigenvalue weighted by Crippen LogP contribution is 2.35. The number of carbonyl (C=O) groups is 1. The molecule has 0 atom stereocenters. The fourth-order valence-electron chi connectivity index (χ4n) is 4.07. The number of para-hydroxylation sites is 1. The monoisotopic (exact) mass is 647 g/mol. The molecule has 0 spiro atoms. The molecule has 2 heterocycles. The van der Waals surface area contributed by atoms with E-state index in [2.05, 4.69) is 31.5 Å². The second-order valence-electron chi connectivity index (χ2n) is 8.81. The number of urea groups is 1. The zero-order valence-electron chi connectivity index (χ0n) is 22.4. The van der Waals surface area contributed by atoms with Crippen LogP contribution in [0.25, 0.3) is 22.0 Å².